The molecule has 2 aliphatic heterocycles. The number of Topliss-reactive ketones (excluding diaryl/α,β-unsaturated/α-hetero) is 1. The second-order valence-electron chi connectivity index (χ2n) is 9.23. The van der Waals surface area contributed by atoms with Gasteiger partial charge in [-0.1, -0.05) is 35.1 Å². The van der Waals surface area contributed by atoms with E-state index in [1.165, 1.54) is 16.2 Å². The minimum atomic E-state index is -0.886. The van der Waals surface area contributed by atoms with Gasteiger partial charge in [-0.05, 0) is 73.5 Å². The second-order valence-corrected chi connectivity index (χ2v) is 10.7. The van der Waals surface area contributed by atoms with E-state index < -0.39 is 17.7 Å². The third-order valence-electron chi connectivity index (χ3n) is 6.67. The van der Waals surface area contributed by atoms with Gasteiger partial charge in [0.2, 0.25) is 0 Å². The zero-order valence-corrected chi connectivity index (χ0v) is 22.2. The Labute approximate surface area is 227 Å². The van der Waals surface area contributed by atoms with Crippen LogP contribution in [-0.2, 0) is 16.0 Å². The van der Waals surface area contributed by atoms with E-state index in [9.17, 15) is 14.7 Å². The number of anilines is 1. The number of ether oxygens (including phenoxy) is 2. The third kappa shape index (κ3) is 4.10. The zero-order chi connectivity index (χ0) is 26.6. The van der Waals surface area contributed by atoms with E-state index in [-0.39, 0.29) is 17.4 Å². The van der Waals surface area contributed by atoms with Crippen molar-refractivity contribution in [3.8, 4) is 11.5 Å². The molecule has 0 bridgehead atoms. The number of nitrogens with zero attached hydrogens (tertiary/aromatic N) is 2. The summed E-state index contributed by atoms with van der Waals surface area (Å²) >= 11 is 7.42. The van der Waals surface area contributed by atoms with Gasteiger partial charge in [0.15, 0.2) is 5.13 Å². The second kappa shape index (κ2) is 9.45. The van der Waals surface area contributed by atoms with Crippen LogP contribution in [0.3, 0.4) is 0 Å². The number of benzene rings is 3. The van der Waals surface area contributed by atoms with Crippen molar-refractivity contribution in [1.29, 1.82) is 0 Å². The molecule has 1 aromatic heterocycles. The van der Waals surface area contributed by atoms with Crippen molar-refractivity contribution in [2.45, 2.75) is 32.4 Å². The minimum Gasteiger partial charge on any atom is -0.507 e. The Bertz CT molecular complexity index is 1630. The predicted molar refractivity (Wildman–Crippen MR) is 147 cm³/mol. The summed E-state index contributed by atoms with van der Waals surface area (Å²) in [4.78, 5) is 33.0. The largest absolute Gasteiger partial charge is 0.507 e. The number of aliphatic hydroxyl groups excluding tert-OH is 1. The Morgan fingerprint density at radius 3 is 2.71 bits per heavy atom. The number of hydrogen-bond donors (Lipinski definition) is 1. The smallest absolute Gasteiger partial charge is 0.301 e. The van der Waals surface area contributed by atoms with Crippen LogP contribution in [0.1, 0.15) is 36.6 Å². The molecule has 1 saturated heterocycles. The van der Waals surface area contributed by atoms with Gasteiger partial charge in [-0.25, -0.2) is 4.98 Å². The number of aliphatic hydroxyl groups is 1. The number of hydrogen-bond acceptors (Lipinski definition) is 7. The first-order valence-electron chi connectivity index (χ1n) is 12.2. The van der Waals surface area contributed by atoms with E-state index in [2.05, 4.69) is 4.98 Å². The molecule has 2 atom stereocenters. The first-order chi connectivity index (χ1) is 18.3. The summed E-state index contributed by atoms with van der Waals surface area (Å²) in [6.07, 6.45) is 0.727. The molecule has 0 spiro atoms. The van der Waals surface area contributed by atoms with Gasteiger partial charge in [-0.2, -0.15) is 0 Å². The van der Waals surface area contributed by atoms with Gasteiger partial charge in [0.05, 0.1) is 28.4 Å². The number of thiazole rings is 1. The fourth-order valence-corrected chi connectivity index (χ4v) is 6.11. The average Bonchev–Trinajstić information content (AvgIpc) is 3.56. The number of aromatic nitrogens is 1. The molecule has 7 nitrogen and oxygen atoms in total. The van der Waals surface area contributed by atoms with Gasteiger partial charge < -0.3 is 14.6 Å². The quantitative estimate of drug-likeness (QED) is 0.179. The Morgan fingerprint density at radius 1 is 1.16 bits per heavy atom. The summed E-state index contributed by atoms with van der Waals surface area (Å²) in [7, 11) is 0. The van der Waals surface area contributed by atoms with Crippen LogP contribution in [-0.4, -0.2) is 34.5 Å². The molecule has 9 heteroatoms. The maximum Gasteiger partial charge on any atom is 0.301 e. The van der Waals surface area contributed by atoms with Crippen LogP contribution in [0, 0.1) is 0 Å². The normalized spacial score (nSPS) is 20.1. The van der Waals surface area contributed by atoms with Crippen LogP contribution in [0.5, 0.6) is 11.5 Å². The molecule has 3 heterocycles. The lowest BCUT2D eigenvalue weighted by atomic mass is 9.94. The summed E-state index contributed by atoms with van der Waals surface area (Å²) in [6.45, 7) is 4.40. The maximum absolute atomic E-state index is 13.5. The van der Waals surface area contributed by atoms with Gasteiger partial charge in [-0.15, -0.1) is 0 Å². The van der Waals surface area contributed by atoms with Crippen LogP contribution >= 0.6 is 22.9 Å². The highest BCUT2D eigenvalue weighted by molar-refractivity contribution is 7.22. The summed E-state index contributed by atoms with van der Waals surface area (Å²) in [6, 6.07) is 16.8. The van der Waals surface area contributed by atoms with Gasteiger partial charge in [0.25, 0.3) is 5.78 Å². The molecule has 4 aromatic rings. The zero-order valence-electron chi connectivity index (χ0n) is 20.6. The first kappa shape index (κ1) is 24.5. The van der Waals surface area contributed by atoms with Crippen LogP contribution in [0.15, 0.2) is 66.2 Å². The van der Waals surface area contributed by atoms with E-state index in [0.29, 0.717) is 45.6 Å². The van der Waals surface area contributed by atoms with E-state index in [1.807, 2.05) is 38.1 Å². The lowest BCUT2D eigenvalue weighted by Crippen LogP contribution is -2.29. The lowest BCUT2D eigenvalue weighted by molar-refractivity contribution is -0.132. The molecule has 0 aliphatic carbocycles. The number of fused-ring (bicyclic) bond motifs is 2. The van der Waals surface area contributed by atoms with Crippen molar-refractivity contribution < 1.29 is 24.2 Å². The highest BCUT2D eigenvalue weighted by Crippen LogP contribution is 2.45. The SMILES string of the molecule is CCOc1ccc2nc(N3C(=O)C(=O)/C(=C(/O)c4ccc5c(c4)C[C@H](C)O5)[C@H]3c3ccc(Cl)cc3)sc2c1. The van der Waals surface area contributed by atoms with Crippen molar-refractivity contribution in [3.63, 3.8) is 0 Å². The summed E-state index contributed by atoms with van der Waals surface area (Å²) in [5.41, 5.74) is 2.69. The molecular formula is C29H23ClN2O5S. The number of ketones is 1. The van der Waals surface area contributed by atoms with Crippen molar-refractivity contribution in [2.24, 2.45) is 0 Å². The maximum atomic E-state index is 13.5. The highest BCUT2D eigenvalue weighted by Gasteiger charge is 2.48. The molecular weight excluding hydrogens is 524 g/mol. The molecule has 6 rings (SSSR count). The Balaban J connectivity index is 1.50. The standard InChI is InChI=1S/C29H23ClN2O5S/c1-3-36-20-9-10-21-23(14-20)38-29(31-21)32-25(16-4-7-19(30)8-5-16)24(27(34)28(32)35)26(33)17-6-11-22-18(13-17)12-15(2)37-22/h4-11,13-15,25,33H,3,12H2,1-2H3/b26-24+/t15-,25+/m0/s1. The predicted octanol–water partition coefficient (Wildman–Crippen LogP) is 6.30. The summed E-state index contributed by atoms with van der Waals surface area (Å²) in [5, 5.41) is 12.3. The number of amides is 1. The Hall–Kier alpha value is -3.88. The van der Waals surface area contributed by atoms with Crippen molar-refractivity contribution in [1.82, 2.24) is 4.98 Å². The number of carbonyl (C=O) groups excluding carboxylic acids is 2. The average molecular weight is 547 g/mol. The number of carbonyl (C=O) groups is 2. The van der Waals surface area contributed by atoms with E-state index in [4.69, 9.17) is 21.1 Å². The van der Waals surface area contributed by atoms with Crippen LogP contribution in [0.4, 0.5) is 5.13 Å². The molecule has 38 heavy (non-hydrogen) atoms. The van der Waals surface area contributed by atoms with Gasteiger partial charge >= 0.3 is 5.91 Å². The van der Waals surface area contributed by atoms with E-state index in [1.54, 1.807) is 36.4 Å². The number of rotatable bonds is 5. The van der Waals surface area contributed by atoms with Crippen molar-refractivity contribution >= 4 is 55.7 Å². The fraction of sp³-hybridized carbons (Fsp3) is 0.207. The lowest BCUT2D eigenvalue weighted by Gasteiger charge is -2.23. The fourth-order valence-electron chi connectivity index (χ4n) is 4.97. The van der Waals surface area contributed by atoms with Gasteiger partial charge in [0, 0.05) is 17.0 Å². The molecule has 0 unspecified atom stereocenters. The van der Waals surface area contributed by atoms with E-state index >= 15 is 0 Å². The minimum absolute atomic E-state index is 0.00139. The molecule has 0 radical (unpaired) electrons. The van der Waals surface area contributed by atoms with Crippen molar-refractivity contribution in [2.75, 3.05) is 11.5 Å². The molecule has 1 amide bonds. The molecule has 0 saturated carbocycles. The first-order valence-corrected chi connectivity index (χ1v) is 13.4. The summed E-state index contributed by atoms with van der Waals surface area (Å²) in [5.74, 6) is -0.325. The van der Waals surface area contributed by atoms with Gasteiger partial charge in [-0.3, -0.25) is 14.5 Å². The van der Waals surface area contributed by atoms with Crippen molar-refractivity contribution in [3.05, 3.63) is 87.9 Å². The van der Waals surface area contributed by atoms with Crippen LogP contribution in [0.25, 0.3) is 16.0 Å². The Morgan fingerprint density at radius 2 is 1.95 bits per heavy atom. The molecule has 3 aromatic carbocycles. The monoisotopic (exact) mass is 546 g/mol. The number of halogens is 1. The summed E-state index contributed by atoms with van der Waals surface area (Å²) < 4.78 is 12.2. The van der Waals surface area contributed by atoms with Crippen LogP contribution < -0.4 is 14.4 Å². The molecule has 1 fully saturated rings. The molecule has 2 aliphatic rings. The highest BCUT2D eigenvalue weighted by atomic mass is 35.5. The van der Waals surface area contributed by atoms with Crippen LogP contribution in [0.2, 0.25) is 5.02 Å². The topological polar surface area (TPSA) is 89.0 Å². The van der Waals surface area contributed by atoms with Gasteiger partial charge in [0.1, 0.15) is 23.4 Å². The van der Waals surface area contributed by atoms with E-state index in [0.717, 1.165) is 16.0 Å². The molecule has 192 valence electrons. The molecule has 1 N–H and O–H groups in total. The third-order valence-corrected chi connectivity index (χ3v) is 7.93. The Kier molecular flexibility index (Phi) is 6.08.